The van der Waals surface area contributed by atoms with Crippen LogP contribution in [0.2, 0.25) is 0 Å². The zero-order valence-electron chi connectivity index (χ0n) is 38.4. The largest absolute Gasteiger partial charge is 0.469 e. The first-order valence-corrected chi connectivity index (χ1v) is 22.9. The third kappa shape index (κ3) is 20.0. The Hall–Kier alpha value is -7.32. The van der Waals surface area contributed by atoms with Crippen LogP contribution in [-0.2, 0) is 46.6 Å². The predicted molar refractivity (Wildman–Crippen MR) is 261 cm³/mol. The van der Waals surface area contributed by atoms with Crippen LogP contribution in [0.1, 0.15) is 75.3 Å². The van der Waals surface area contributed by atoms with Crippen molar-refractivity contribution in [1.29, 1.82) is 0 Å². The summed E-state index contributed by atoms with van der Waals surface area (Å²) in [7, 11) is 1.39. The summed E-state index contributed by atoms with van der Waals surface area (Å²) in [5, 5.41) is 14.4. The maximum Gasteiger partial charge on any atom is 0.305 e. The molecule has 6 aromatic rings. The van der Waals surface area contributed by atoms with Gasteiger partial charge in [-0.15, -0.1) is 0 Å². The molecule has 13 nitrogen and oxygen atoms in total. The highest BCUT2D eigenvalue weighted by Crippen LogP contribution is 2.25. The molecule has 0 aliphatic heterocycles. The first kappa shape index (κ1) is 51.7. The Morgan fingerprint density at radius 2 is 0.868 bits per heavy atom. The molecule has 68 heavy (non-hydrogen) atoms. The predicted octanol–water partition coefficient (Wildman–Crippen LogP) is 11.6. The lowest BCUT2D eigenvalue weighted by atomic mass is 10.1. The molecule has 13 heteroatoms. The van der Waals surface area contributed by atoms with E-state index in [2.05, 4.69) is 15.4 Å². The lowest BCUT2D eigenvalue weighted by molar-refractivity contribution is -0.140. The van der Waals surface area contributed by atoms with Gasteiger partial charge in [-0.1, -0.05) is 123 Å². The maximum absolute atomic E-state index is 12.9. The minimum absolute atomic E-state index is 0.184. The topological polar surface area (TPSA) is 171 Å². The molecule has 0 aromatic heterocycles. The van der Waals surface area contributed by atoms with Gasteiger partial charge in [-0.25, -0.2) is 5.48 Å². The van der Waals surface area contributed by atoms with Crippen LogP contribution in [0.4, 0.5) is 11.4 Å². The van der Waals surface area contributed by atoms with Crippen LogP contribution in [0.25, 0.3) is 0 Å². The Labute approximate surface area is 398 Å². The SMILES string of the molecule is COC(=O)CCCCCC(OCc1cccc(Oc2ccccc2)c1)C(=O)Nc1ccccc1.O=C(CCCCCC(OCc1cccc(Oc2ccccc2)c1)C(=O)Nc1ccccc1)NO. The molecule has 2 atom stereocenters. The number of ether oxygens (including phenoxy) is 5. The number of amides is 3. The number of rotatable bonds is 26. The minimum atomic E-state index is -0.648. The fourth-order valence-corrected chi connectivity index (χ4v) is 6.83. The van der Waals surface area contributed by atoms with Crippen LogP contribution in [0.3, 0.4) is 0 Å². The number of nitrogens with one attached hydrogen (secondary N) is 3. The highest BCUT2D eigenvalue weighted by molar-refractivity contribution is 5.94. The van der Waals surface area contributed by atoms with Crippen LogP contribution >= 0.6 is 0 Å². The lowest BCUT2D eigenvalue weighted by Crippen LogP contribution is -2.30. The lowest BCUT2D eigenvalue weighted by Gasteiger charge is -2.18. The molecule has 0 fully saturated rings. The van der Waals surface area contributed by atoms with Crippen LogP contribution in [0.15, 0.2) is 170 Å². The van der Waals surface area contributed by atoms with E-state index < -0.39 is 18.1 Å². The molecule has 0 heterocycles. The molecule has 6 aromatic carbocycles. The van der Waals surface area contributed by atoms with Gasteiger partial charge in [-0.2, -0.15) is 0 Å². The first-order chi connectivity index (χ1) is 33.3. The Kier molecular flexibility index (Phi) is 22.8. The van der Waals surface area contributed by atoms with Crippen molar-refractivity contribution in [2.45, 2.75) is 89.6 Å². The van der Waals surface area contributed by atoms with E-state index in [4.69, 9.17) is 24.2 Å². The van der Waals surface area contributed by atoms with Crippen molar-refractivity contribution in [2.24, 2.45) is 0 Å². The number of esters is 1. The molecule has 0 aliphatic rings. The molecule has 0 bridgehead atoms. The normalized spacial score (nSPS) is 11.4. The van der Waals surface area contributed by atoms with Crippen LogP contribution in [0, 0.1) is 0 Å². The van der Waals surface area contributed by atoms with Gasteiger partial charge in [0.1, 0.15) is 35.2 Å². The third-order valence-electron chi connectivity index (χ3n) is 10.4. The minimum Gasteiger partial charge on any atom is -0.469 e. The van der Waals surface area contributed by atoms with E-state index in [1.165, 1.54) is 7.11 Å². The number of carbonyl (C=O) groups is 4. The van der Waals surface area contributed by atoms with Gasteiger partial charge < -0.3 is 34.3 Å². The number of hydrogen-bond donors (Lipinski definition) is 4. The van der Waals surface area contributed by atoms with Gasteiger partial charge in [0.15, 0.2) is 0 Å². The summed E-state index contributed by atoms with van der Waals surface area (Å²) in [5.74, 6) is 1.88. The second-order valence-corrected chi connectivity index (χ2v) is 15.7. The molecule has 0 radical (unpaired) electrons. The molecular weight excluding hydrogens is 863 g/mol. The van der Waals surface area contributed by atoms with Crippen LogP contribution in [-0.4, -0.2) is 48.2 Å². The van der Waals surface area contributed by atoms with Crippen molar-refractivity contribution < 1.29 is 48.1 Å². The van der Waals surface area contributed by atoms with Crippen molar-refractivity contribution in [3.05, 3.63) is 181 Å². The number of anilines is 2. The van der Waals surface area contributed by atoms with E-state index in [0.29, 0.717) is 49.3 Å². The average Bonchev–Trinajstić information content (AvgIpc) is 3.37. The van der Waals surface area contributed by atoms with Gasteiger partial charge in [0.05, 0.1) is 20.3 Å². The summed E-state index contributed by atoms with van der Waals surface area (Å²) < 4.78 is 28.6. The zero-order chi connectivity index (χ0) is 48.0. The monoisotopic (exact) mass is 923 g/mol. The summed E-state index contributed by atoms with van der Waals surface area (Å²) in [5.41, 5.74) is 4.87. The first-order valence-electron chi connectivity index (χ1n) is 22.9. The van der Waals surface area contributed by atoms with Gasteiger partial charge >= 0.3 is 5.97 Å². The van der Waals surface area contributed by atoms with Crippen LogP contribution < -0.4 is 25.6 Å². The van der Waals surface area contributed by atoms with Crippen molar-refractivity contribution in [1.82, 2.24) is 5.48 Å². The van der Waals surface area contributed by atoms with E-state index >= 15 is 0 Å². The van der Waals surface area contributed by atoms with Gasteiger partial charge in [0, 0.05) is 24.2 Å². The van der Waals surface area contributed by atoms with E-state index in [0.717, 1.165) is 54.0 Å². The van der Waals surface area contributed by atoms with Crippen LogP contribution in [0.5, 0.6) is 23.0 Å². The van der Waals surface area contributed by atoms with Gasteiger partial charge in [0.25, 0.3) is 11.8 Å². The molecule has 356 valence electrons. The number of methoxy groups -OCH3 is 1. The van der Waals surface area contributed by atoms with Crippen molar-refractivity contribution >= 4 is 35.1 Å². The third-order valence-corrected chi connectivity index (χ3v) is 10.4. The highest BCUT2D eigenvalue weighted by atomic mass is 16.5. The molecule has 6 rings (SSSR count). The number of benzene rings is 6. The van der Waals surface area contributed by atoms with Crippen molar-refractivity contribution in [2.75, 3.05) is 17.7 Å². The molecule has 0 saturated carbocycles. The molecule has 0 aliphatic carbocycles. The Morgan fingerprint density at radius 1 is 0.471 bits per heavy atom. The van der Waals surface area contributed by atoms with Gasteiger partial charge in [-0.05, 0) is 110 Å². The van der Waals surface area contributed by atoms with E-state index in [1.807, 2.05) is 170 Å². The van der Waals surface area contributed by atoms with Crippen molar-refractivity contribution in [3.8, 4) is 23.0 Å². The smallest absolute Gasteiger partial charge is 0.305 e. The standard InChI is InChI=1S/C28H31NO5.C27H30N2O5/c1-32-27(30)19-10-4-9-18-26(28(31)29-23-13-5-2-6-14-23)33-21-22-12-11-17-25(20-22)34-24-15-7-3-8-16-24;30-26(29-32)18-9-3-8-17-25(27(31)28-22-12-4-1-5-13-22)33-20-21-11-10-16-24(19-21)34-23-14-6-2-7-15-23/h2-3,5-8,11-17,20,26H,4,9-10,18-19,21H2,1H3,(H,29,31);1-2,4-7,10-16,19,25,32H,3,8-9,17-18,20H2,(H,28,31)(H,29,30). The Bertz CT molecular complexity index is 2220. The second kappa shape index (κ2) is 30.1. The Balaban J connectivity index is 0.000000254. The molecule has 3 amide bonds. The number of unbranched alkanes of at least 4 members (excludes halogenated alkanes) is 4. The number of carbonyl (C=O) groups excluding carboxylic acids is 4. The second-order valence-electron chi connectivity index (χ2n) is 15.7. The number of hydroxylamine groups is 1. The summed E-state index contributed by atoms with van der Waals surface area (Å²) in [6, 6.07) is 52.9. The molecule has 0 saturated heterocycles. The average molecular weight is 924 g/mol. The summed E-state index contributed by atoms with van der Waals surface area (Å²) in [6.45, 7) is 0.535. The quantitative estimate of drug-likeness (QED) is 0.0178. The zero-order valence-corrected chi connectivity index (χ0v) is 38.4. The Morgan fingerprint density at radius 3 is 1.28 bits per heavy atom. The summed E-state index contributed by atoms with van der Waals surface area (Å²) in [6.07, 6.45) is 4.81. The molecular formula is C55H61N3O10. The maximum atomic E-state index is 12.9. The van der Waals surface area contributed by atoms with E-state index in [-0.39, 0.29) is 37.4 Å². The van der Waals surface area contributed by atoms with E-state index in [1.54, 1.807) is 5.48 Å². The number of hydrogen-bond acceptors (Lipinski definition) is 10. The summed E-state index contributed by atoms with van der Waals surface area (Å²) >= 11 is 0. The molecule has 0 spiro atoms. The van der Waals surface area contributed by atoms with Crippen molar-refractivity contribution in [3.63, 3.8) is 0 Å². The van der Waals surface area contributed by atoms with Gasteiger partial charge in [-0.3, -0.25) is 24.4 Å². The number of para-hydroxylation sites is 4. The fourth-order valence-electron chi connectivity index (χ4n) is 6.83. The fraction of sp³-hybridized carbons (Fsp3) is 0.273. The summed E-state index contributed by atoms with van der Waals surface area (Å²) in [4.78, 5) is 48.3. The highest BCUT2D eigenvalue weighted by Gasteiger charge is 2.21. The van der Waals surface area contributed by atoms with Gasteiger partial charge in [0.2, 0.25) is 5.91 Å². The molecule has 4 N–H and O–H groups in total. The molecule has 2 unspecified atom stereocenters. The van der Waals surface area contributed by atoms with E-state index in [9.17, 15) is 19.2 Å².